The van der Waals surface area contributed by atoms with E-state index in [-0.39, 0.29) is 0 Å². The lowest BCUT2D eigenvalue weighted by Gasteiger charge is -2.01. The molecular weight excluding hydrogens is 204 g/mol. The van der Waals surface area contributed by atoms with Gasteiger partial charge in [0.15, 0.2) is 0 Å². The highest BCUT2D eigenvalue weighted by atomic mass is 14.0. The van der Waals surface area contributed by atoms with E-state index in [2.05, 4.69) is 50.3 Å². The lowest BCUT2D eigenvalue weighted by molar-refractivity contribution is 0.717. The lowest BCUT2D eigenvalue weighted by atomic mass is 10.0. The van der Waals surface area contributed by atoms with Gasteiger partial charge in [-0.05, 0) is 30.4 Å². The van der Waals surface area contributed by atoms with Crippen molar-refractivity contribution in [1.82, 2.24) is 0 Å². The molecular formula is C17H26. The zero-order valence-corrected chi connectivity index (χ0v) is 11.4. The largest absolute Gasteiger partial charge is 0.0839 e. The fourth-order valence-corrected chi connectivity index (χ4v) is 1.92. The molecule has 0 amide bonds. The number of hydrogen-bond acceptors (Lipinski definition) is 0. The van der Waals surface area contributed by atoms with E-state index in [0.29, 0.717) is 0 Å². The molecule has 0 saturated carbocycles. The number of aryl methyl sites for hydroxylation is 1. The first-order valence-corrected chi connectivity index (χ1v) is 7.12. The minimum Gasteiger partial charge on any atom is -0.0839 e. The maximum atomic E-state index is 2.29. The minimum absolute atomic E-state index is 1.20. The van der Waals surface area contributed by atoms with E-state index in [1.54, 1.807) is 0 Å². The molecule has 0 aliphatic heterocycles. The van der Waals surface area contributed by atoms with Crippen LogP contribution in [0, 0.1) is 0 Å². The molecule has 0 unspecified atom stereocenters. The van der Waals surface area contributed by atoms with Crippen molar-refractivity contribution in [3.8, 4) is 0 Å². The first-order valence-electron chi connectivity index (χ1n) is 7.12. The average Bonchev–Trinajstić information content (AvgIpc) is 2.37. The van der Waals surface area contributed by atoms with Crippen molar-refractivity contribution in [2.75, 3.05) is 0 Å². The number of unbranched alkanes of at least 4 members (excludes halogenated alkanes) is 4. The SMILES string of the molecule is CCCCC=Cc1ccc(CCCCC)cc1. The van der Waals surface area contributed by atoms with E-state index < -0.39 is 0 Å². The Labute approximate surface area is 107 Å². The first kappa shape index (κ1) is 14.0. The van der Waals surface area contributed by atoms with Crippen LogP contribution in [0.15, 0.2) is 30.3 Å². The standard InChI is InChI=1S/C17H26/c1-3-5-7-9-11-17-14-12-16(13-15-17)10-8-6-4-2/h9,11-15H,3-8,10H2,1-2H3. The molecule has 1 aromatic carbocycles. The summed E-state index contributed by atoms with van der Waals surface area (Å²) in [5.74, 6) is 0. The van der Waals surface area contributed by atoms with Crippen LogP contribution in [0.4, 0.5) is 0 Å². The van der Waals surface area contributed by atoms with Crippen molar-refractivity contribution >= 4 is 6.08 Å². The van der Waals surface area contributed by atoms with Gasteiger partial charge in [-0.3, -0.25) is 0 Å². The Kier molecular flexibility index (Phi) is 7.46. The second kappa shape index (κ2) is 9.04. The molecule has 0 aliphatic carbocycles. The third kappa shape index (κ3) is 6.31. The molecule has 0 nitrogen and oxygen atoms in total. The van der Waals surface area contributed by atoms with Crippen LogP contribution in [0.5, 0.6) is 0 Å². The zero-order valence-electron chi connectivity index (χ0n) is 11.4. The van der Waals surface area contributed by atoms with E-state index in [1.807, 2.05) is 0 Å². The molecule has 0 heterocycles. The Morgan fingerprint density at radius 3 is 2.24 bits per heavy atom. The van der Waals surface area contributed by atoms with Crippen LogP contribution in [0.3, 0.4) is 0 Å². The summed E-state index contributed by atoms with van der Waals surface area (Å²) in [5, 5.41) is 0. The van der Waals surface area contributed by atoms with Gasteiger partial charge in [0, 0.05) is 0 Å². The Morgan fingerprint density at radius 1 is 0.882 bits per heavy atom. The quantitative estimate of drug-likeness (QED) is 0.508. The maximum Gasteiger partial charge on any atom is -0.0260 e. The van der Waals surface area contributed by atoms with Crippen molar-refractivity contribution < 1.29 is 0 Å². The number of allylic oxidation sites excluding steroid dienone is 1. The molecule has 0 aliphatic rings. The topological polar surface area (TPSA) is 0 Å². The fourth-order valence-electron chi connectivity index (χ4n) is 1.92. The minimum atomic E-state index is 1.20. The summed E-state index contributed by atoms with van der Waals surface area (Å²) in [6.07, 6.45) is 13.5. The van der Waals surface area contributed by atoms with Gasteiger partial charge < -0.3 is 0 Å². The highest BCUT2D eigenvalue weighted by Gasteiger charge is 1.93. The van der Waals surface area contributed by atoms with Gasteiger partial charge in [0.05, 0.1) is 0 Å². The summed E-state index contributed by atoms with van der Waals surface area (Å²) in [6.45, 7) is 4.49. The molecule has 0 saturated heterocycles. The highest BCUT2D eigenvalue weighted by Crippen LogP contribution is 2.10. The van der Waals surface area contributed by atoms with E-state index >= 15 is 0 Å². The van der Waals surface area contributed by atoms with Gasteiger partial charge in [0.25, 0.3) is 0 Å². The van der Waals surface area contributed by atoms with Crippen LogP contribution in [0.25, 0.3) is 6.08 Å². The normalized spacial score (nSPS) is 11.2. The summed E-state index contributed by atoms with van der Waals surface area (Å²) < 4.78 is 0. The molecule has 17 heavy (non-hydrogen) atoms. The molecule has 0 aromatic heterocycles. The van der Waals surface area contributed by atoms with Crippen molar-refractivity contribution in [1.29, 1.82) is 0 Å². The summed E-state index contributed by atoms with van der Waals surface area (Å²) in [5.41, 5.74) is 2.81. The van der Waals surface area contributed by atoms with E-state index in [1.165, 1.54) is 56.1 Å². The second-order valence-electron chi connectivity index (χ2n) is 4.74. The summed E-state index contributed by atoms with van der Waals surface area (Å²) in [4.78, 5) is 0. The third-order valence-electron chi connectivity index (χ3n) is 3.08. The predicted octanol–water partition coefficient (Wildman–Crippen LogP) is 5.62. The van der Waals surface area contributed by atoms with Crippen LogP contribution in [-0.4, -0.2) is 0 Å². The lowest BCUT2D eigenvalue weighted by Crippen LogP contribution is -1.85. The highest BCUT2D eigenvalue weighted by molar-refractivity contribution is 5.49. The molecule has 1 aromatic rings. The molecule has 0 spiro atoms. The van der Waals surface area contributed by atoms with Gasteiger partial charge in [0.2, 0.25) is 0 Å². The van der Waals surface area contributed by atoms with Crippen molar-refractivity contribution in [3.63, 3.8) is 0 Å². The van der Waals surface area contributed by atoms with Crippen LogP contribution < -0.4 is 0 Å². The van der Waals surface area contributed by atoms with Crippen LogP contribution in [0.1, 0.15) is 63.5 Å². The van der Waals surface area contributed by atoms with Crippen molar-refractivity contribution in [3.05, 3.63) is 41.5 Å². The number of rotatable bonds is 8. The fraction of sp³-hybridized carbons (Fsp3) is 0.529. The Balaban J connectivity index is 2.36. The Hall–Kier alpha value is -1.04. The second-order valence-corrected chi connectivity index (χ2v) is 4.74. The summed E-state index contributed by atoms with van der Waals surface area (Å²) in [6, 6.07) is 9.03. The molecule has 0 heteroatoms. The smallest absolute Gasteiger partial charge is 0.0260 e. The van der Waals surface area contributed by atoms with Crippen molar-refractivity contribution in [2.45, 2.75) is 58.8 Å². The molecule has 94 valence electrons. The van der Waals surface area contributed by atoms with Gasteiger partial charge in [-0.2, -0.15) is 0 Å². The van der Waals surface area contributed by atoms with E-state index in [9.17, 15) is 0 Å². The van der Waals surface area contributed by atoms with E-state index in [4.69, 9.17) is 0 Å². The van der Waals surface area contributed by atoms with E-state index in [0.717, 1.165) is 0 Å². The van der Waals surface area contributed by atoms with Gasteiger partial charge in [0.1, 0.15) is 0 Å². The van der Waals surface area contributed by atoms with Crippen LogP contribution in [0.2, 0.25) is 0 Å². The van der Waals surface area contributed by atoms with Crippen molar-refractivity contribution in [2.24, 2.45) is 0 Å². The molecule has 0 fully saturated rings. The number of hydrogen-bond donors (Lipinski definition) is 0. The predicted molar refractivity (Wildman–Crippen MR) is 78.2 cm³/mol. The molecule has 0 radical (unpaired) electrons. The average molecular weight is 230 g/mol. The summed E-state index contributed by atoms with van der Waals surface area (Å²) >= 11 is 0. The third-order valence-corrected chi connectivity index (χ3v) is 3.08. The Bertz CT molecular complexity index is 305. The molecule has 0 N–H and O–H groups in total. The zero-order chi connectivity index (χ0) is 12.3. The van der Waals surface area contributed by atoms with Gasteiger partial charge >= 0.3 is 0 Å². The monoisotopic (exact) mass is 230 g/mol. The van der Waals surface area contributed by atoms with Gasteiger partial charge in [-0.15, -0.1) is 0 Å². The van der Waals surface area contributed by atoms with Gasteiger partial charge in [-0.1, -0.05) is 75.9 Å². The number of benzene rings is 1. The first-order chi connectivity index (χ1) is 8.36. The molecule has 0 bridgehead atoms. The maximum absolute atomic E-state index is 2.29. The van der Waals surface area contributed by atoms with Crippen LogP contribution in [-0.2, 0) is 6.42 Å². The molecule has 1 rings (SSSR count). The van der Waals surface area contributed by atoms with Gasteiger partial charge in [-0.25, -0.2) is 0 Å². The van der Waals surface area contributed by atoms with Crippen LogP contribution >= 0.6 is 0 Å². The summed E-state index contributed by atoms with van der Waals surface area (Å²) in [7, 11) is 0. The molecule has 0 atom stereocenters. The Morgan fingerprint density at radius 2 is 1.59 bits per heavy atom.